The lowest BCUT2D eigenvalue weighted by molar-refractivity contribution is -0.329. The van der Waals surface area contributed by atoms with Gasteiger partial charge < -0.3 is 24.4 Å². The number of hydrogen-bond donors (Lipinski definition) is 2. The summed E-state index contributed by atoms with van der Waals surface area (Å²) in [4.78, 5) is 0. The summed E-state index contributed by atoms with van der Waals surface area (Å²) in [6.45, 7) is 3.91. The van der Waals surface area contributed by atoms with Gasteiger partial charge in [-0.1, -0.05) is 30.3 Å². The summed E-state index contributed by atoms with van der Waals surface area (Å²) in [5.41, 5.74) is 0.235. The lowest BCUT2D eigenvalue weighted by Crippen LogP contribution is -2.63. The van der Waals surface area contributed by atoms with E-state index in [2.05, 4.69) is 0 Å². The van der Waals surface area contributed by atoms with Crippen molar-refractivity contribution in [3.63, 3.8) is 0 Å². The third-order valence-electron chi connectivity index (χ3n) is 3.56. The second-order valence-corrected chi connectivity index (χ2v) is 5.52. The Morgan fingerprint density at radius 1 is 1.15 bits per heavy atom. The molecule has 2 N–H and O–H groups in total. The van der Waals surface area contributed by atoms with Crippen molar-refractivity contribution in [1.29, 1.82) is 0 Å². The molecule has 0 spiro atoms. The highest BCUT2D eigenvalue weighted by molar-refractivity contribution is 5.13. The third-order valence-corrected chi connectivity index (χ3v) is 3.56. The Hall–Kier alpha value is -0.980. The maximum Gasteiger partial charge on any atom is 0.187 e. The van der Waals surface area contributed by atoms with Crippen molar-refractivity contribution in [2.75, 3.05) is 7.11 Å². The van der Waals surface area contributed by atoms with Crippen molar-refractivity contribution in [1.82, 2.24) is 0 Å². The fourth-order valence-corrected chi connectivity index (χ4v) is 2.50. The largest absolute Gasteiger partial charge is 0.387 e. The Labute approximate surface area is 119 Å². The first-order chi connectivity index (χ1) is 9.45. The van der Waals surface area contributed by atoms with Crippen molar-refractivity contribution >= 4 is 0 Å². The maximum atomic E-state index is 10.1. The van der Waals surface area contributed by atoms with E-state index in [4.69, 9.17) is 14.2 Å². The second kappa shape index (κ2) is 6.20. The quantitative estimate of drug-likeness (QED) is 0.865. The van der Waals surface area contributed by atoms with Crippen LogP contribution in [0.2, 0.25) is 0 Å². The van der Waals surface area contributed by atoms with Crippen LogP contribution >= 0.6 is 0 Å². The topological polar surface area (TPSA) is 68.2 Å². The number of aliphatic hydroxyl groups is 2. The van der Waals surface area contributed by atoms with Crippen LogP contribution < -0.4 is 0 Å². The van der Waals surface area contributed by atoms with E-state index < -0.39 is 30.2 Å². The van der Waals surface area contributed by atoms with Gasteiger partial charge in [0.2, 0.25) is 0 Å². The molecule has 1 fully saturated rings. The summed E-state index contributed by atoms with van der Waals surface area (Å²) in [5, 5.41) is 20.2. The van der Waals surface area contributed by atoms with Gasteiger partial charge in [0.1, 0.15) is 18.3 Å². The van der Waals surface area contributed by atoms with Crippen LogP contribution in [0.15, 0.2) is 30.3 Å². The van der Waals surface area contributed by atoms with Crippen LogP contribution in [0.3, 0.4) is 0 Å². The van der Waals surface area contributed by atoms with Crippen LogP contribution in [-0.4, -0.2) is 47.5 Å². The summed E-state index contributed by atoms with van der Waals surface area (Å²) in [5.74, 6) is 0. The molecular formula is C15H22O5. The minimum Gasteiger partial charge on any atom is -0.387 e. The Bertz CT molecular complexity index is 420. The molecule has 0 bridgehead atoms. The minimum absolute atomic E-state index is 0.309. The van der Waals surface area contributed by atoms with Crippen LogP contribution in [0.25, 0.3) is 0 Å². The van der Waals surface area contributed by atoms with E-state index in [0.29, 0.717) is 6.61 Å². The molecule has 0 aromatic heterocycles. The summed E-state index contributed by atoms with van der Waals surface area (Å²) in [6.07, 6.45) is -3.68. The van der Waals surface area contributed by atoms with Crippen LogP contribution in [0, 0.1) is 0 Å². The summed E-state index contributed by atoms with van der Waals surface area (Å²) in [6, 6.07) is 9.60. The lowest BCUT2D eigenvalue weighted by atomic mass is 9.89. The fourth-order valence-electron chi connectivity index (χ4n) is 2.50. The summed E-state index contributed by atoms with van der Waals surface area (Å²) >= 11 is 0. The monoisotopic (exact) mass is 282 g/mol. The highest BCUT2D eigenvalue weighted by atomic mass is 16.7. The molecule has 112 valence electrons. The summed E-state index contributed by atoms with van der Waals surface area (Å²) in [7, 11) is 1.48. The molecule has 4 atom stereocenters. The van der Waals surface area contributed by atoms with Crippen LogP contribution in [-0.2, 0) is 20.8 Å². The third kappa shape index (κ3) is 3.19. The highest BCUT2D eigenvalue weighted by Gasteiger charge is 2.49. The Morgan fingerprint density at radius 3 is 2.40 bits per heavy atom. The van der Waals surface area contributed by atoms with Crippen LogP contribution in [0.1, 0.15) is 19.4 Å². The molecule has 1 aromatic carbocycles. The number of methoxy groups -OCH3 is 1. The SMILES string of the molecule is CO[C@@H]1[C@H](O)[C@@H](O)[C@@H](OCc2ccccc2)OC1(C)C. The van der Waals surface area contributed by atoms with E-state index in [1.807, 2.05) is 30.3 Å². The second-order valence-electron chi connectivity index (χ2n) is 5.52. The molecule has 1 heterocycles. The maximum absolute atomic E-state index is 10.1. The van der Waals surface area contributed by atoms with Gasteiger partial charge in [-0.15, -0.1) is 0 Å². The first kappa shape index (κ1) is 15.4. The molecule has 0 aliphatic carbocycles. The molecule has 0 unspecified atom stereocenters. The number of ether oxygens (including phenoxy) is 3. The van der Waals surface area contributed by atoms with Crippen LogP contribution in [0.5, 0.6) is 0 Å². The molecule has 0 radical (unpaired) electrons. The van der Waals surface area contributed by atoms with Crippen molar-refractivity contribution in [3.05, 3.63) is 35.9 Å². The van der Waals surface area contributed by atoms with E-state index in [-0.39, 0.29) is 0 Å². The highest BCUT2D eigenvalue weighted by Crippen LogP contribution is 2.32. The molecule has 2 rings (SSSR count). The Morgan fingerprint density at radius 2 is 1.80 bits per heavy atom. The first-order valence-corrected chi connectivity index (χ1v) is 6.68. The van der Waals surface area contributed by atoms with E-state index in [9.17, 15) is 10.2 Å². The van der Waals surface area contributed by atoms with Crippen molar-refractivity contribution in [3.8, 4) is 0 Å². The zero-order valence-electron chi connectivity index (χ0n) is 12.0. The number of hydrogen-bond acceptors (Lipinski definition) is 5. The average Bonchev–Trinajstić information content (AvgIpc) is 2.43. The zero-order valence-corrected chi connectivity index (χ0v) is 12.0. The molecule has 1 aromatic rings. The van der Waals surface area contributed by atoms with Gasteiger partial charge in [0.25, 0.3) is 0 Å². The number of aliphatic hydroxyl groups excluding tert-OH is 2. The predicted molar refractivity (Wildman–Crippen MR) is 73.0 cm³/mol. The van der Waals surface area contributed by atoms with Crippen molar-refractivity contribution in [2.45, 2.75) is 50.7 Å². The van der Waals surface area contributed by atoms with E-state index in [1.54, 1.807) is 13.8 Å². The predicted octanol–water partition coefficient (Wildman–Crippen LogP) is 1.07. The van der Waals surface area contributed by atoms with Gasteiger partial charge in [0, 0.05) is 7.11 Å². The first-order valence-electron chi connectivity index (χ1n) is 6.68. The smallest absolute Gasteiger partial charge is 0.187 e. The number of rotatable bonds is 4. The summed E-state index contributed by atoms with van der Waals surface area (Å²) < 4.78 is 16.5. The molecule has 0 saturated carbocycles. The van der Waals surface area contributed by atoms with Gasteiger partial charge in [-0.2, -0.15) is 0 Å². The van der Waals surface area contributed by atoms with Gasteiger partial charge in [-0.3, -0.25) is 0 Å². The van der Waals surface area contributed by atoms with E-state index in [1.165, 1.54) is 7.11 Å². The van der Waals surface area contributed by atoms with Gasteiger partial charge in [0.15, 0.2) is 6.29 Å². The van der Waals surface area contributed by atoms with E-state index in [0.717, 1.165) is 5.56 Å². The van der Waals surface area contributed by atoms with Crippen molar-refractivity contribution < 1.29 is 24.4 Å². The van der Waals surface area contributed by atoms with E-state index >= 15 is 0 Å². The molecular weight excluding hydrogens is 260 g/mol. The Balaban J connectivity index is 2.02. The average molecular weight is 282 g/mol. The Kier molecular flexibility index (Phi) is 4.78. The number of benzene rings is 1. The minimum atomic E-state index is -1.14. The fraction of sp³-hybridized carbons (Fsp3) is 0.600. The van der Waals surface area contributed by atoms with Crippen LogP contribution in [0.4, 0.5) is 0 Å². The molecule has 5 heteroatoms. The van der Waals surface area contributed by atoms with Gasteiger partial charge in [-0.25, -0.2) is 0 Å². The zero-order chi connectivity index (χ0) is 14.8. The standard InChI is InChI=1S/C15H22O5/c1-15(2)13(18-3)11(16)12(17)14(20-15)19-9-10-7-5-4-6-8-10/h4-8,11-14,16-17H,9H2,1-3H3/t11-,12-,13-,14+/m1/s1. The lowest BCUT2D eigenvalue weighted by Gasteiger charge is -2.46. The normalized spacial score (nSPS) is 33.0. The molecule has 1 aliphatic heterocycles. The molecule has 20 heavy (non-hydrogen) atoms. The molecule has 5 nitrogen and oxygen atoms in total. The van der Waals surface area contributed by atoms with Crippen molar-refractivity contribution in [2.24, 2.45) is 0 Å². The van der Waals surface area contributed by atoms with Gasteiger partial charge >= 0.3 is 0 Å². The van der Waals surface area contributed by atoms with Gasteiger partial charge in [0.05, 0.1) is 12.2 Å². The molecule has 1 saturated heterocycles. The van der Waals surface area contributed by atoms with Gasteiger partial charge in [-0.05, 0) is 19.4 Å². The molecule has 1 aliphatic rings. The molecule has 0 amide bonds.